The highest BCUT2D eigenvalue weighted by atomic mass is 16.6. The summed E-state index contributed by atoms with van der Waals surface area (Å²) in [4.78, 5) is 21.5. The maximum absolute atomic E-state index is 11.3. The largest absolute Gasteiger partial charge is 0.492 e. The SMILES string of the molecule is CCOC(Cc1ccc(OCCn2ccc3ccc(/C(=N/OC)C4CCCCC4)nc32)cc1)C(=O)O. The van der Waals surface area contributed by atoms with Gasteiger partial charge in [0.2, 0.25) is 0 Å². The van der Waals surface area contributed by atoms with E-state index in [4.69, 9.17) is 19.3 Å². The zero-order valence-corrected chi connectivity index (χ0v) is 21.1. The minimum Gasteiger partial charge on any atom is -0.492 e. The number of hydrogen-bond acceptors (Lipinski definition) is 6. The predicted molar refractivity (Wildman–Crippen MR) is 139 cm³/mol. The Morgan fingerprint density at radius 2 is 1.92 bits per heavy atom. The Morgan fingerprint density at radius 3 is 2.61 bits per heavy atom. The number of carbonyl (C=O) groups is 1. The number of nitrogens with zero attached hydrogens (tertiary/aromatic N) is 3. The second kappa shape index (κ2) is 12.5. The topological polar surface area (TPSA) is 95.2 Å². The molecule has 0 amide bonds. The van der Waals surface area contributed by atoms with E-state index in [1.165, 1.54) is 19.3 Å². The average molecular weight is 494 g/mol. The van der Waals surface area contributed by atoms with E-state index < -0.39 is 12.1 Å². The summed E-state index contributed by atoms with van der Waals surface area (Å²) in [6.07, 6.45) is 7.48. The molecule has 8 heteroatoms. The molecule has 1 N–H and O–H groups in total. The van der Waals surface area contributed by atoms with Gasteiger partial charge in [0, 0.05) is 30.5 Å². The molecule has 1 fully saturated rings. The second-order valence-corrected chi connectivity index (χ2v) is 9.09. The lowest BCUT2D eigenvalue weighted by atomic mass is 9.84. The van der Waals surface area contributed by atoms with E-state index in [1.54, 1.807) is 14.0 Å². The van der Waals surface area contributed by atoms with Gasteiger partial charge in [-0.15, -0.1) is 0 Å². The summed E-state index contributed by atoms with van der Waals surface area (Å²) in [5.41, 5.74) is 3.61. The van der Waals surface area contributed by atoms with Crippen molar-refractivity contribution in [2.45, 2.75) is 58.1 Å². The van der Waals surface area contributed by atoms with Crippen LogP contribution in [0.1, 0.15) is 50.3 Å². The van der Waals surface area contributed by atoms with Crippen LogP contribution in [0.5, 0.6) is 5.75 Å². The van der Waals surface area contributed by atoms with Crippen LogP contribution in [0.4, 0.5) is 0 Å². The first-order valence-electron chi connectivity index (χ1n) is 12.7. The second-order valence-electron chi connectivity index (χ2n) is 9.09. The minimum atomic E-state index is -0.952. The predicted octanol–water partition coefficient (Wildman–Crippen LogP) is 5.08. The van der Waals surface area contributed by atoms with Crippen LogP contribution in [0, 0.1) is 5.92 Å². The van der Waals surface area contributed by atoms with Gasteiger partial charge in [-0.05, 0) is 55.7 Å². The van der Waals surface area contributed by atoms with E-state index in [2.05, 4.69) is 21.9 Å². The van der Waals surface area contributed by atoms with Crippen LogP contribution in [0.2, 0.25) is 0 Å². The first-order chi connectivity index (χ1) is 17.6. The first-order valence-corrected chi connectivity index (χ1v) is 12.7. The fourth-order valence-corrected chi connectivity index (χ4v) is 4.80. The minimum absolute atomic E-state index is 0.321. The van der Waals surface area contributed by atoms with Gasteiger partial charge in [0.25, 0.3) is 0 Å². The quantitative estimate of drug-likeness (QED) is 0.279. The summed E-state index contributed by atoms with van der Waals surface area (Å²) < 4.78 is 13.3. The molecular formula is C28H35N3O5. The van der Waals surface area contributed by atoms with Crippen LogP contribution in [-0.4, -0.2) is 52.8 Å². The molecule has 1 saturated carbocycles. The van der Waals surface area contributed by atoms with Gasteiger partial charge in [0.15, 0.2) is 6.10 Å². The van der Waals surface area contributed by atoms with Crippen molar-refractivity contribution in [3.05, 3.63) is 59.9 Å². The molecule has 0 aliphatic heterocycles. The van der Waals surface area contributed by atoms with Crippen molar-refractivity contribution < 1.29 is 24.2 Å². The van der Waals surface area contributed by atoms with E-state index in [0.29, 0.717) is 32.1 Å². The summed E-state index contributed by atoms with van der Waals surface area (Å²) in [7, 11) is 1.59. The average Bonchev–Trinajstić information content (AvgIpc) is 3.30. The number of hydrogen-bond donors (Lipinski definition) is 1. The number of ether oxygens (including phenoxy) is 2. The molecule has 0 radical (unpaired) electrons. The van der Waals surface area contributed by atoms with Crippen molar-refractivity contribution in [1.29, 1.82) is 0 Å². The number of oxime groups is 1. The molecule has 0 saturated heterocycles. The maximum atomic E-state index is 11.3. The van der Waals surface area contributed by atoms with Gasteiger partial charge in [-0.2, -0.15) is 0 Å². The molecule has 4 rings (SSSR count). The number of aromatic nitrogens is 2. The normalized spacial score (nSPS) is 15.7. The molecule has 1 aliphatic rings. The van der Waals surface area contributed by atoms with E-state index in [1.807, 2.05) is 36.5 Å². The van der Waals surface area contributed by atoms with Crippen LogP contribution in [0.3, 0.4) is 0 Å². The molecule has 3 aromatic rings. The van der Waals surface area contributed by atoms with E-state index in [9.17, 15) is 9.90 Å². The molecule has 0 spiro atoms. The fraction of sp³-hybridized carbons (Fsp3) is 0.464. The maximum Gasteiger partial charge on any atom is 0.333 e. The van der Waals surface area contributed by atoms with E-state index in [-0.39, 0.29) is 0 Å². The van der Waals surface area contributed by atoms with E-state index >= 15 is 0 Å². The van der Waals surface area contributed by atoms with Crippen molar-refractivity contribution in [3.8, 4) is 5.75 Å². The van der Waals surface area contributed by atoms with Crippen molar-refractivity contribution >= 4 is 22.7 Å². The number of fused-ring (bicyclic) bond motifs is 1. The van der Waals surface area contributed by atoms with Crippen LogP contribution in [0.15, 0.2) is 53.8 Å². The Balaban J connectivity index is 1.39. The fourth-order valence-electron chi connectivity index (χ4n) is 4.80. The number of benzene rings is 1. The molecule has 1 aromatic carbocycles. The molecule has 192 valence electrons. The number of aliphatic carboxylic acids is 1. The van der Waals surface area contributed by atoms with Gasteiger partial charge in [-0.3, -0.25) is 0 Å². The highest BCUT2D eigenvalue weighted by Gasteiger charge is 2.23. The number of carboxylic acid groups (broad SMARTS) is 1. The zero-order chi connectivity index (χ0) is 25.3. The van der Waals surface area contributed by atoms with Gasteiger partial charge < -0.3 is 24.0 Å². The third-order valence-electron chi connectivity index (χ3n) is 6.64. The standard InChI is InChI=1S/C28H35N3O5/c1-3-35-25(28(32)33)19-20-9-12-23(13-10-20)36-18-17-31-16-15-22-11-14-24(29-27(22)31)26(30-34-2)21-7-5-4-6-8-21/h9-16,21,25H,3-8,17-19H2,1-2H3,(H,32,33)/b30-26+. The molecule has 1 unspecified atom stereocenters. The van der Waals surface area contributed by atoms with Gasteiger partial charge in [-0.1, -0.05) is 36.6 Å². The lowest BCUT2D eigenvalue weighted by molar-refractivity contribution is -0.149. The molecule has 0 bridgehead atoms. The molecule has 1 aliphatic carbocycles. The van der Waals surface area contributed by atoms with Gasteiger partial charge >= 0.3 is 5.97 Å². The molecule has 1 atom stereocenters. The third-order valence-corrected chi connectivity index (χ3v) is 6.64. The van der Waals surface area contributed by atoms with Crippen LogP contribution < -0.4 is 4.74 Å². The van der Waals surface area contributed by atoms with Crippen molar-refractivity contribution in [3.63, 3.8) is 0 Å². The van der Waals surface area contributed by atoms with Crippen LogP contribution in [0.25, 0.3) is 11.0 Å². The van der Waals surface area contributed by atoms with Crippen molar-refractivity contribution in [2.24, 2.45) is 11.1 Å². The van der Waals surface area contributed by atoms with Crippen LogP contribution in [-0.2, 0) is 27.3 Å². The molecule has 2 aromatic heterocycles. The Labute approximate surface area is 211 Å². The zero-order valence-electron chi connectivity index (χ0n) is 21.1. The number of rotatable bonds is 12. The monoisotopic (exact) mass is 493 g/mol. The number of carboxylic acids is 1. The van der Waals surface area contributed by atoms with Crippen molar-refractivity contribution in [1.82, 2.24) is 9.55 Å². The van der Waals surface area contributed by atoms with E-state index in [0.717, 1.165) is 46.6 Å². The highest BCUT2D eigenvalue weighted by Crippen LogP contribution is 2.28. The summed E-state index contributed by atoms with van der Waals surface area (Å²) in [5, 5.41) is 14.7. The summed E-state index contributed by atoms with van der Waals surface area (Å²) >= 11 is 0. The smallest absolute Gasteiger partial charge is 0.333 e. The summed E-state index contributed by atoms with van der Waals surface area (Å²) in [5.74, 6) is 0.170. The number of pyridine rings is 1. The summed E-state index contributed by atoms with van der Waals surface area (Å²) in [6, 6.07) is 13.7. The van der Waals surface area contributed by atoms with Crippen molar-refractivity contribution in [2.75, 3.05) is 20.3 Å². The lowest BCUT2D eigenvalue weighted by Crippen LogP contribution is -2.26. The Bertz CT molecular complexity index is 1170. The molecule has 2 heterocycles. The lowest BCUT2D eigenvalue weighted by Gasteiger charge is -2.22. The molecular weight excluding hydrogens is 458 g/mol. The van der Waals surface area contributed by atoms with Crippen LogP contribution >= 0.6 is 0 Å². The Morgan fingerprint density at radius 1 is 1.14 bits per heavy atom. The first kappa shape index (κ1) is 25.7. The van der Waals surface area contributed by atoms with Gasteiger partial charge in [-0.25, -0.2) is 9.78 Å². The highest BCUT2D eigenvalue weighted by molar-refractivity contribution is 6.01. The van der Waals surface area contributed by atoms with Gasteiger partial charge in [0.1, 0.15) is 30.8 Å². The molecule has 36 heavy (non-hydrogen) atoms. The Kier molecular flexibility index (Phi) is 8.95. The third kappa shape index (κ3) is 6.43. The summed E-state index contributed by atoms with van der Waals surface area (Å²) in [6.45, 7) is 3.28. The Hall–Kier alpha value is -3.39. The molecule has 8 nitrogen and oxygen atoms in total. The van der Waals surface area contributed by atoms with Gasteiger partial charge in [0.05, 0.1) is 12.2 Å².